The zero-order valence-corrected chi connectivity index (χ0v) is 14.4. The van der Waals surface area contributed by atoms with Gasteiger partial charge in [0.05, 0.1) is 16.0 Å². The molecule has 4 aliphatic rings. The zero-order valence-electron chi connectivity index (χ0n) is 13.6. The number of hydrogen-bond donors (Lipinski definition) is 2. The van der Waals surface area contributed by atoms with Crippen molar-refractivity contribution in [1.29, 1.82) is 0 Å². The molecule has 4 fully saturated rings. The topological polar surface area (TPSA) is 58.6 Å². The zero-order chi connectivity index (χ0) is 17.8. The molecular formula is C18H20ClF2NO3. The van der Waals surface area contributed by atoms with Gasteiger partial charge in [-0.3, -0.25) is 4.79 Å². The molecule has 0 aliphatic heterocycles. The lowest BCUT2D eigenvalue weighted by Crippen LogP contribution is -2.59. The van der Waals surface area contributed by atoms with Crippen LogP contribution >= 0.6 is 11.6 Å². The van der Waals surface area contributed by atoms with E-state index in [-0.39, 0.29) is 16.7 Å². The lowest BCUT2D eigenvalue weighted by atomic mass is 9.47. The third-order valence-electron chi connectivity index (χ3n) is 5.92. The van der Waals surface area contributed by atoms with E-state index >= 15 is 0 Å². The van der Waals surface area contributed by atoms with Crippen molar-refractivity contribution in [3.63, 3.8) is 0 Å². The molecule has 0 spiro atoms. The van der Waals surface area contributed by atoms with Crippen LogP contribution in [0.5, 0.6) is 5.75 Å². The first-order valence-corrected chi connectivity index (χ1v) is 8.93. The first kappa shape index (κ1) is 17.0. The number of benzene rings is 1. The minimum Gasteiger partial charge on any atom is -0.433 e. The van der Waals surface area contributed by atoms with Crippen molar-refractivity contribution in [2.45, 2.75) is 50.7 Å². The summed E-state index contributed by atoms with van der Waals surface area (Å²) in [4.78, 5) is 13.0. The van der Waals surface area contributed by atoms with E-state index in [4.69, 9.17) is 11.6 Å². The van der Waals surface area contributed by atoms with Crippen molar-refractivity contribution in [3.05, 3.63) is 23.2 Å². The fourth-order valence-electron chi connectivity index (χ4n) is 5.51. The first-order chi connectivity index (χ1) is 11.8. The van der Waals surface area contributed by atoms with Crippen LogP contribution in [0.25, 0.3) is 0 Å². The minimum atomic E-state index is -2.95. The Morgan fingerprint density at radius 1 is 1.28 bits per heavy atom. The summed E-state index contributed by atoms with van der Waals surface area (Å²) in [6.45, 7) is -2.95. The van der Waals surface area contributed by atoms with Gasteiger partial charge in [0.2, 0.25) is 5.91 Å². The van der Waals surface area contributed by atoms with Crippen LogP contribution < -0.4 is 10.1 Å². The Balaban J connectivity index is 1.52. The lowest BCUT2D eigenvalue weighted by molar-refractivity contribution is -0.174. The van der Waals surface area contributed by atoms with Crippen LogP contribution in [0.1, 0.15) is 38.5 Å². The fraction of sp³-hybridized carbons (Fsp3) is 0.611. The molecule has 0 radical (unpaired) electrons. The van der Waals surface area contributed by atoms with Gasteiger partial charge in [-0.05, 0) is 68.6 Å². The molecule has 2 unspecified atom stereocenters. The molecule has 5 rings (SSSR count). The Labute approximate surface area is 149 Å². The van der Waals surface area contributed by atoms with E-state index < -0.39 is 17.6 Å². The summed E-state index contributed by atoms with van der Waals surface area (Å²) in [5.41, 5.74) is -0.809. The van der Waals surface area contributed by atoms with Crippen LogP contribution in [0.3, 0.4) is 0 Å². The maximum absolute atomic E-state index is 13.0. The number of nitrogens with one attached hydrogen (secondary N) is 1. The van der Waals surface area contributed by atoms with Crippen LogP contribution in [0.4, 0.5) is 14.5 Å². The van der Waals surface area contributed by atoms with E-state index in [1.165, 1.54) is 18.2 Å². The second kappa shape index (κ2) is 5.81. The molecule has 4 saturated carbocycles. The van der Waals surface area contributed by atoms with Gasteiger partial charge in [-0.1, -0.05) is 11.6 Å². The first-order valence-electron chi connectivity index (χ1n) is 8.55. The normalized spacial score (nSPS) is 35.9. The number of amides is 1. The Bertz CT molecular complexity index is 698. The lowest BCUT2D eigenvalue weighted by Gasteiger charge is -2.59. The number of carbonyl (C=O) groups is 1. The Kier molecular flexibility index (Phi) is 3.96. The third kappa shape index (κ3) is 3.10. The van der Waals surface area contributed by atoms with Crippen LogP contribution in [0, 0.1) is 17.3 Å². The Morgan fingerprint density at radius 3 is 2.52 bits per heavy atom. The summed E-state index contributed by atoms with van der Waals surface area (Å²) in [5, 5.41) is 13.6. The molecule has 4 aliphatic carbocycles. The van der Waals surface area contributed by atoms with E-state index in [2.05, 4.69) is 10.1 Å². The molecular weight excluding hydrogens is 352 g/mol. The predicted octanol–water partition coefficient (Wildman–Crippen LogP) is 4.21. The maximum atomic E-state index is 13.0. The number of carbonyl (C=O) groups excluding carboxylic acids is 1. The second-order valence-corrected chi connectivity index (χ2v) is 8.35. The van der Waals surface area contributed by atoms with Gasteiger partial charge in [-0.2, -0.15) is 8.78 Å². The molecule has 4 nitrogen and oxygen atoms in total. The van der Waals surface area contributed by atoms with Crippen molar-refractivity contribution in [2.75, 3.05) is 5.32 Å². The average molecular weight is 372 g/mol. The van der Waals surface area contributed by atoms with E-state index in [9.17, 15) is 18.7 Å². The van der Waals surface area contributed by atoms with Crippen LogP contribution in [-0.4, -0.2) is 23.2 Å². The predicted molar refractivity (Wildman–Crippen MR) is 88.8 cm³/mol. The molecule has 4 atom stereocenters. The quantitative estimate of drug-likeness (QED) is 0.833. The number of halogens is 3. The van der Waals surface area contributed by atoms with Gasteiger partial charge >= 0.3 is 6.61 Å². The average Bonchev–Trinajstić information content (AvgIpc) is 2.47. The number of ether oxygens (including phenoxy) is 1. The highest BCUT2D eigenvalue weighted by Crippen LogP contribution is 2.61. The van der Waals surface area contributed by atoms with Gasteiger partial charge in [0.15, 0.2) is 0 Å². The molecule has 0 aromatic heterocycles. The standard InChI is InChI=1S/C18H20ClF2NO3/c19-13-4-12(1-2-14(13)25-16(20)21)22-15(23)17-5-10-3-11(6-17)8-18(24,7-10)9-17/h1-2,4,10-11,16,24H,3,5-9H2,(H,22,23)/t10-,11+,17?,18?. The van der Waals surface area contributed by atoms with E-state index in [1.54, 1.807) is 0 Å². The summed E-state index contributed by atoms with van der Waals surface area (Å²) in [7, 11) is 0. The smallest absolute Gasteiger partial charge is 0.387 e. The summed E-state index contributed by atoms with van der Waals surface area (Å²) in [6, 6.07) is 4.22. The van der Waals surface area contributed by atoms with Crippen molar-refractivity contribution < 1.29 is 23.4 Å². The van der Waals surface area contributed by atoms with Crippen molar-refractivity contribution in [1.82, 2.24) is 0 Å². The largest absolute Gasteiger partial charge is 0.433 e. The Morgan fingerprint density at radius 2 is 1.96 bits per heavy atom. The van der Waals surface area contributed by atoms with Gasteiger partial charge in [-0.15, -0.1) is 0 Å². The number of anilines is 1. The number of aliphatic hydroxyl groups is 1. The van der Waals surface area contributed by atoms with E-state index in [1.807, 2.05) is 0 Å². The van der Waals surface area contributed by atoms with Gasteiger partial charge < -0.3 is 15.2 Å². The van der Waals surface area contributed by atoms with Crippen molar-refractivity contribution >= 4 is 23.2 Å². The molecule has 0 saturated heterocycles. The van der Waals surface area contributed by atoms with Crippen LogP contribution in [0.2, 0.25) is 5.02 Å². The van der Waals surface area contributed by atoms with Crippen LogP contribution in [0.15, 0.2) is 18.2 Å². The molecule has 25 heavy (non-hydrogen) atoms. The summed E-state index contributed by atoms with van der Waals surface area (Å²) >= 11 is 5.95. The molecule has 1 amide bonds. The van der Waals surface area contributed by atoms with Crippen LogP contribution in [-0.2, 0) is 4.79 Å². The molecule has 1 aromatic rings. The fourth-order valence-corrected chi connectivity index (χ4v) is 5.74. The van der Waals surface area contributed by atoms with Gasteiger partial charge in [0.1, 0.15) is 5.75 Å². The number of alkyl halides is 2. The minimum absolute atomic E-state index is 0.0160. The van der Waals surface area contributed by atoms with Gasteiger partial charge in [0.25, 0.3) is 0 Å². The van der Waals surface area contributed by atoms with Gasteiger partial charge in [-0.25, -0.2) is 0 Å². The highest BCUT2D eigenvalue weighted by molar-refractivity contribution is 6.32. The monoisotopic (exact) mass is 371 g/mol. The summed E-state index contributed by atoms with van der Waals surface area (Å²) < 4.78 is 28.9. The third-order valence-corrected chi connectivity index (χ3v) is 6.21. The maximum Gasteiger partial charge on any atom is 0.387 e. The number of rotatable bonds is 4. The highest BCUT2D eigenvalue weighted by Gasteiger charge is 2.60. The highest BCUT2D eigenvalue weighted by atomic mass is 35.5. The SMILES string of the molecule is O=C(Nc1ccc(OC(F)F)c(Cl)c1)C12C[C@@H]3C[C@@H](CC(O)(C3)C1)C2. The second-order valence-electron chi connectivity index (χ2n) is 7.94. The molecule has 7 heteroatoms. The number of hydrogen-bond acceptors (Lipinski definition) is 3. The molecule has 136 valence electrons. The molecule has 1 aromatic carbocycles. The van der Waals surface area contributed by atoms with E-state index in [0.717, 1.165) is 32.1 Å². The van der Waals surface area contributed by atoms with Crippen molar-refractivity contribution in [2.24, 2.45) is 17.3 Å². The van der Waals surface area contributed by atoms with E-state index in [0.29, 0.717) is 23.9 Å². The summed E-state index contributed by atoms with van der Waals surface area (Å²) in [6.07, 6.45) is 4.80. The molecule has 2 N–H and O–H groups in total. The molecule has 4 bridgehead atoms. The van der Waals surface area contributed by atoms with Gasteiger partial charge in [0, 0.05) is 5.69 Å². The Hall–Kier alpha value is -1.40. The molecule has 0 heterocycles. The summed E-state index contributed by atoms with van der Waals surface area (Å²) in [5.74, 6) is 0.571. The van der Waals surface area contributed by atoms with Crippen molar-refractivity contribution in [3.8, 4) is 5.75 Å².